The third-order valence-corrected chi connectivity index (χ3v) is 3.72. The zero-order valence-electron chi connectivity index (χ0n) is 11.8. The van der Waals surface area contributed by atoms with Crippen molar-refractivity contribution < 1.29 is 0 Å². The van der Waals surface area contributed by atoms with Gasteiger partial charge < -0.3 is 4.98 Å². The minimum absolute atomic E-state index is 0.698. The number of pyridine rings is 1. The molecule has 3 aromatic rings. The molecule has 1 N–H and O–H groups in total. The molecule has 6 heteroatoms. The first-order chi connectivity index (χ1) is 9.58. The van der Waals surface area contributed by atoms with Gasteiger partial charge in [-0.25, -0.2) is 4.98 Å². The third kappa shape index (κ3) is 2.16. The van der Waals surface area contributed by atoms with Gasteiger partial charge >= 0.3 is 0 Å². The predicted octanol–water partition coefficient (Wildman–Crippen LogP) is 2.75. The molecule has 0 aliphatic carbocycles. The van der Waals surface area contributed by atoms with Crippen molar-refractivity contribution in [2.45, 2.75) is 26.8 Å². The summed E-state index contributed by atoms with van der Waals surface area (Å²) in [6.07, 6.45) is 4.83. The van der Waals surface area contributed by atoms with E-state index in [1.54, 1.807) is 0 Å². The molecular formula is C14H17N5S. The van der Waals surface area contributed by atoms with Crippen molar-refractivity contribution in [2.24, 2.45) is 7.05 Å². The van der Waals surface area contributed by atoms with Gasteiger partial charge in [0.1, 0.15) is 0 Å². The summed E-state index contributed by atoms with van der Waals surface area (Å²) >= 11 is 5.42. The summed E-state index contributed by atoms with van der Waals surface area (Å²) in [4.78, 5) is 7.72. The largest absolute Gasteiger partial charge is 0.329 e. The summed E-state index contributed by atoms with van der Waals surface area (Å²) in [7, 11) is 1.94. The normalized spacial score (nSPS) is 11.3. The van der Waals surface area contributed by atoms with Crippen LogP contribution in [0.4, 0.5) is 0 Å². The van der Waals surface area contributed by atoms with Crippen LogP contribution in [0.5, 0.6) is 0 Å². The molecule has 0 amide bonds. The van der Waals surface area contributed by atoms with E-state index in [1.807, 2.05) is 35.6 Å². The van der Waals surface area contributed by atoms with Crippen molar-refractivity contribution in [3.05, 3.63) is 40.1 Å². The lowest BCUT2D eigenvalue weighted by Gasteiger charge is -2.03. The van der Waals surface area contributed by atoms with Gasteiger partial charge in [0.15, 0.2) is 10.4 Å². The summed E-state index contributed by atoms with van der Waals surface area (Å²) < 4.78 is 4.58. The van der Waals surface area contributed by atoms with E-state index in [-0.39, 0.29) is 0 Å². The van der Waals surface area contributed by atoms with E-state index in [9.17, 15) is 0 Å². The van der Waals surface area contributed by atoms with Gasteiger partial charge in [0.25, 0.3) is 0 Å². The molecule has 0 aliphatic rings. The molecule has 0 saturated heterocycles. The maximum atomic E-state index is 5.42. The van der Waals surface area contributed by atoms with Gasteiger partial charge in [-0.1, -0.05) is 6.92 Å². The van der Waals surface area contributed by atoms with Crippen LogP contribution < -0.4 is 0 Å². The second-order valence-corrected chi connectivity index (χ2v) is 5.42. The van der Waals surface area contributed by atoms with Crippen LogP contribution in [0.25, 0.3) is 11.2 Å². The molecule has 0 unspecified atom stereocenters. The van der Waals surface area contributed by atoms with Gasteiger partial charge in [-0.15, -0.1) is 0 Å². The number of nitrogens with one attached hydrogen (secondary N) is 1. The first-order valence-corrected chi connectivity index (χ1v) is 7.06. The Balaban J connectivity index is 2.10. The topological polar surface area (TPSA) is 51.4 Å². The SMILES string of the molecule is CCc1nn(C)cc1Cn1c(=S)[nH]c2cc(C)cnc21. The number of fused-ring (bicyclic) bond motifs is 1. The molecule has 0 saturated carbocycles. The smallest absolute Gasteiger partial charge is 0.179 e. The Hall–Kier alpha value is -1.95. The Morgan fingerprint density at radius 3 is 2.95 bits per heavy atom. The van der Waals surface area contributed by atoms with Crippen molar-refractivity contribution in [1.29, 1.82) is 0 Å². The minimum atomic E-state index is 0.698. The number of hydrogen-bond donors (Lipinski definition) is 1. The maximum absolute atomic E-state index is 5.42. The molecule has 3 heterocycles. The molecule has 0 spiro atoms. The van der Waals surface area contributed by atoms with Crippen LogP contribution >= 0.6 is 12.2 Å². The van der Waals surface area contributed by atoms with Gasteiger partial charge in [-0.05, 0) is 37.2 Å². The van der Waals surface area contributed by atoms with E-state index in [1.165, 1.54) is 5.56 Å². The lowest BCUT2D eigenvalue weighted by atomic mass is 10.2. The van der Waals surface area contributed by atoms with Crippen molar-refractivity contribution in [2.75, 3.05) is 0 Å². The van der Waals surface area contributed by atoms with E-state index in [4.69, 9.17) is 12.2 Å². The second-order valence-electron chi connectivity index (χ2n) is 5.03. The van der Waals surface area contributed by atoms with E-state index >= 15 is 0 Å². The fraction of sp³-hybridized carbons (Fsp3) is 0.357. The zero-order chi connectivity index (χ0) is 14.3. The number of aromatic amines is 1. The van der Waals surface area contributed by atoms with Crippen molar-refractivity contribution in [3.63, 3.8) is 0 Å². The minimum Gasteiger partial charge on any atom is -0.329 e. The van der Waals surface area contributed by atoms with Crippen LogP contribution in [-0.4, -0.2) is 24.3 Å². The monoisotopic (exact) mass is 287 g/mol. The molecule has 0 aromatic carbocycles. The van der Waals surface area contributed by atoms with Gasteiger partial charge in [-0.2, -0.15) is 5.10 Å². The fourth-order valence-corrected chi connectivity index (χ4v) is 2.74. The average Bonchev–Trinajstić information content (AvgIpc) is 2.90. The Bertz CT molecular complexity index is 824. The first-order valence-electron chi connectivity index (χ1n) is 6.65. The highest BCUT2D eigenvalue weighted by Crippen LogP contribution is 2.16. The summed E-state index contributed by atoms with van der Waals surface area (Å²) in [6.45, 7) is 4.84. The van der Waals surface area contributed by atoms with Gasteiger partial charge in [-0.3, -0.25) is 9.25 Å². The van der Waals surface area contributed by atoms with Crippen molar-refractivity contribution in [1.82, 2.24) is 24.3 Å². The summed E-state index contributed by atoms with van der Waals surface area (Å²) in [5.74, 6) is 0. The molecule has 20 heavy (non-hydrogen) atoms. The summed E-state index contributed by atoms with van der Waals surface area (Å²) in [5, 5.41) is 4.47. The number of H-pyrrole nitrogens is 1. The molecule has 104 valence electrons. The predicted molar refractivity (Wildman–Crippen MR) is 81.3 cm³/mol. The molecule has 0 fully saturated rings. The third-order valence-electron chi connectivity index (χ3n) is 3.40. The molecule has 0 aliphatic heterocycles. The number of hydrogen-bond acceptors (Lipinski definition) is 3. The molecule has 3 aromatic heterocycles. The molecule has 0 bridgehead atoms. The van der Waals surface area contributed by atoms with Crippen LogP contribution in [-0.2, 0) is 20.0 Å². The highest BCUT2D eigenvalue weighted by Gasteiger charge is 2.11. The van der Waals surface area contributed by atoms with Crippen LogP contribution in [0.2, 0.25) is 0 Å². The number of rotatable bonds is 3. The van der Waals surface area contributed by atoms with E-state index in [2.05, 4.69) is 28.1 Å². The average molecular weight is 287 g/mol. The number of imidazole rings is 1. The fourth-order valence-electron chi connectivity index (χ4n) is 2.48. The Kier molecular flexibility index (Phi) is 3.17. The maximum Gasteiger partial charge on any atom is 0.179 e. The standard InChI is InChI=1S/C14H17N5S/c1-4-11-10(7-18(3)17-11)8-19-13-12(16-14(19)20)5-9(2)6-15-13/h5-7H,4,8H2,1-3H3,(H,16,20). The second kappa shape index (κ2) is 4.86. The van der Waals surface area contributed by atoms with Crippen LogP contribution in [0.1, 0.15) is 23.7 Å². The Morgan fingerprint density at radius 1 is 1.40 bits per heavy atom. The van der Waals surface area contributed by atoms with Crippen molar-refractivity contribution >= 4 is 23.4 Å². The molecule has 5 nitrogen and oxygen atoms in total. The molecule has 0 radical (unpaired) electrons. The first kappa shape index (κ1) is 13.1. The lowest BCUT2D eigenvalue weighted by Crippen LogP contribution is -2.02. The zero-order valence-corrected chi connectivity index (χ0v) is 12.7. The van der Waals surface area contributed by atoms with Crippen LogP contribution in [0, 0.1) is 11.7 Å². The van der Waals surface area contributed by atoms with E-state index in [0.29, 0.717) is 11.3 Å². The van der Waals surface area contributed by atoms with Gasteiger partial charge in [0, 0.05) is 25.0 Å². The van der Waals surface area contributed by atoms with Gasteiger partial charge in [0.2, 0.25) is 0 Å². The van der Waals surface area contributed by atoms with Crippen LogP contribution in [0.15, 0.2) is 18.5 Å². The Morgan fingerprint density at radius 2 is 2.20 bits per heavy atom. The van der Waals surface area contributed by atoms with E-state index in [0.717, 1.165) is 28.8 Å². The highest BCUT2D eigenvalue weighted by atomic mass is 32.1. The molecular weight excluding hydrogens is 270 g/mol. The summed E-state index contributed by atoms with van der Waals surface area (Å²) in [5.41, 5.74) is 5.30. The van der Waals surface area contributed by atoms with Crippen molar-refractivity contribution in [3.8, 4) is 0 Å². The van der Waals surface area contributed by atoms with E-state index < -0.39 is 0 Å². The van der Waals surface area contributed by atoms with Gasteiger partial charge in [0.05, 0.1) is 17.8 Å². The Labute approximate surface area is 122 Å². The highest BCUT2D eigenvalue weighted by molar-refractivity contribution is 7.71. The number of nitrogens with zero attached hydrogens (tertiary/aromatic N) is 4. The van der Waals surface area contributed by atoms with Crippen LogP contribution in [0.3, 0.4) is 0 Å². The number of aryl methyl sites for hydroxylation is 3. The quantitative estimate of drug-likeness (QED) is 0.754. The lowest BCUT2D eigenvalue weighted by molar-refractivity contribution is 0.746. The molecule has 0 atom stereocenters. The molecule has 3 rings (SSSR count). The summed E-state index contributed by atoms with van der Waals surface area (Å²) in [6, 6.07) is 2.07. The number of aromatic nitrogens is 5.